The van der Waals surface area contributed by atoms with E-state index >= 15 is 0 Å². The van der Waals surface area contributed by atoms with Crippen molar-refractivity contribution >= 4 is 0 Å². The van der Waals surface area contributed by atoms with Crippen molar-refractivity contribution in [3.63, 3.8) is 0 Å². The van der Waals surface area contributed by atoms with Gasteiger partial charge in [-0.2, -0.15) is 0 Å². The third kappa shape index (κ3) is 2.54. The quantitative estimate of drug-likeness (QED) is 0.848. The predicted octanol–water partition coefficient (Wildman–Crippen LogP) is 2.26. The van der Waals surface area contributed by atoms with Crippen LogP contribution >= 0.6 is 0 Å². The van der Waals surface area contributed by atoms with E-state index in [1.54, 1.807) is 0 Å². The van der Waals surface area contributed by atoms with Crippen LogP contribution in [-0.4, -0.2) is 19.3 Å². The molecule has 0 aliphatic carbocycles. The highest BCUT2D eigenvalue weighted by molar-refractivity contribution is 5.29. The van der Waals surface area contributed by atoms with Crippen LogP contribution in [0.15, 0.2) is 24.3 Å². The second-order valence-electron chi connectivity index (χ2n) is 4.08. The van der Waals surface area contributed by atoms with Gasteiger partial charge in [-0.3, -0.25) is 0 Å². The largest absolute Gasteiger partial charge is 0.494 e. The molecule has 3 heteroatoms. The molecule has 2 atom stereocenters. The molecule has 1 saturated heterocycles. The molecule has 0 spiro atoms. The third-order valence-corrected chi connectivity index (χ3v) is 2.94. The monoisotopic (exact) mass is 221 g/mol. The normalized spacial score (nSPS) is 22.0. The summed E-state index contributed by atoms with van der Waals surface area (Å²) in [4.78, 5) is 0. The molecular formula is C13H19NO2. The van der Waals surface area contributed by atoms with Crippen molar-refractivity contribution in [3.05, 3.63) is 29.8 Å². The average molecular weight is 221 g/mol. The second-order valence-corrected chi connectivity index (χ2v) is 4.08. The van der Waals surface area contributed by atoms with Gasteiger partial charge in [-0.25, -0.2) is 0 Å². The van der Waals surface area contributed by atoms with Gasteiger partial charge in [-0.15, -0.1) is 0 Å². The van der Waals surface area contributed by atoms with Gasteiger partial charge >= 0.3 is 0 Å². The van der Waals surface area contributed by atoms with Gasteiger partial charge in [0.05, 0.1) is 18.8 Å². The maximum atomic E-state index is 6.16. The minimum Gasteiger partial charge on any atom is -0.494 e. The van der Waals surface area contributed by atoms with Gasteiger partial charge in [0.25, 0.3) is 0 Å². The lowest BCUT2D eigenvalue weighted by atomic mass is 10.0. The summed E-state index contributed by atoms with van der Waals surface area (Å²) < 4.78 is 11.0. The van der Waals surface area contributed by atoms with Crippen molar-refractivity contribution < 1.29 is 9.47 Å². The minimum atomic E-state index is -0.0156. The molecule has 0 saturated carbocycles. The van der Waals surface area contributed by atoms with Crippen molar-refractivity contribution in [1.29, 1.82) is 0 Å². The molecule has 1 aromatic carbocycles. The molecule has 2 unspecified atom stereocenters. The Morgan fingerprint density at radius 1 is 1.44 bits per heavy atom. The molecule has 1 heterocycles. The van der Waals surface area contributed by atoms with Crippen LogP contribution in [0.1, 0.15) is 31.4 Å². The fourth-order valence-electron chi connectivity index (χ4n) is 2.05. The molecule has 0 amide bonds. The molecule has 3 nitrogen and oxygen atoms in total. The van der Waals surface area contributed by atoms with Crippen molar-refractivity contribution in [3.8, 4) is 5.75 Å². The van der Waals surface area contributed by atoms with Crippen LogP contribution in [0.2, 0.25) is 0 Å². The zero-order chi connectivity index (χ0) is 11.4. The molecular weight excluding hydrogens is 202 g/mol. The summed E-state index contributed by atoms with van der Waals surface area (Å²) >= 11 is 0. The lowest BCUT2D eigenvalue weighted by Gasteiger charge is -2.19. The Labute approximate surface area is 96.5 Å². The van der Waals surface area contributed by atoms with E-state index < -0.39 is 0 Å². The molecule has 2 rings (SSSR count). The number of benzene rings is 1. The molecule has 1 aliphatic heterocycles. The van der Waals surface area contributed by atoms with Gasteiger partial charge in [0, 0.05) is 6.61 Å². The number of nitrogens with two attached hydrogens (primary N) is 1. The summed E-state index contributed by atoms with van der Waals surface area (Å²) in [5.74, 6) is 0.894. The number of hydrogen-bond acceptors (Lipinski definition) is 3. The maximum Gasteiger partial charge on any atom is 0.119 e. The van der Waals surface area contributed by atoms with Crippen LogP contribution in [0.3, 0.4) is 0 Å². The molecule has 0 bridgehead atoms. The standard InChI is InChI=1S/C13H19NO2/c1-2-15-11-7-5-10(6-8-11)13(14)12-4-3-9-16-12/h5-8,12-13H,2-4,9,14H2,1H3. The Hall–Kier alpha value is -1.06. The first-order chi connectivity index (χ1) is 7.81. The van der Waals surface area contributed by atoms with E-state index in [0.717, 1.165) is 30.8 Å². The van der Waals surface area contributed by atoms with Crippen molar-refractivity contribution in [2.24, 2.45) is 5.73 Å². The molecule has 2 N–H and O–H groups in total. The first kappa shape index (κ1) is 11.4. The molecule has 0 radical (unpaired) electrons. The SMILES string of the molecule is CCOc1ccc(C(N)C2CCCO2)cc1. The summed E-state index contributed by atoms with van der Waals surface area (Å²) in [6, 6.07) is 7.97. The second kappa shape index (κ2) is 5.32. The van der Waals surface area contributed by atoms with Gasteiger partial charge in [0.1, 0.15) is 5.75 Å². The zero-order valence-electron chi connectivity index (χ0n) is 9.69. The van der Waals surface area contributed by atoms with E-state index in [0.29, 0.717) is 6.61 Å². The first-order valence-electron chi connectivity index (χ1n) is 5.91. The molecule has 88 valence electrons. The molecule has 1 aromatic rings. The lowest BCUT2D eigenvalue weighted by molar-refractivity contribution is 0.0900. The fourth-order valence-corrected chi connectivity index (χ4v) is 2.05. The summed E-state index contributed by atoms with van der Waals surface area (Å²) in [5.41, 5.74) is 7.28. The molecule has 0 aromatic heterocycles. The molecule has 1 aliphatic rings. The molecule has 1 fully saturated rings. The van der Waals surface area contributed by atoms with Gasteiger partial charge in [0.2, 0.25) is 0 Å². The zero-order valence-corrected chi connectivity index (χ0v) is 9.69. The number of ether oxygens (including phenoxy) is 2. The predicted molar refractivity (Wildman–Crippen MR) is 63.5 cm³/mol. The van der Waals surface area contributed by atoms with Crippen molar-refractivity contribution in [2.45, 2.75) is 31.9 Å². The highest BCUT2D eigenvalue weighted by atomic mass is 16.5. The summed E-state index contributed by atoms with van der Waals surface area (Å²) in [7, 11) is 0. The van der Waals surface area contributed by atoms with Crippen LogP contribution in [-0.2, 0) is 4.74 Å². The summed E-state index contributed by atoms with van der Waals surface area (Å²) in [5, 5.41) is 0. The molecule has 16 heavy (non-hydrogen) atoms. The summed E-state index contributed by atoms with van der Waals surface area (Å²) in [6.07, 6.45) is 2.36. The Kier molecular flexibility index (Phi) is 3.80. The highest BCUT2D eigenvalue weighted by Gasteiger charge is 2.23. The van der Waals surface area contributed by atoms with E-state index in [2.05, 4.69) is 0 Å². The lowest BCUT2D eigenvalue weighted by Crippen LogP contribution is -2.25. The van der Waals surface area contributed by atoms with Gasteiger partial charge in [0.15, 0.2) is 0 Å². The van der Waals surface area contributed by atoms with Crippen LogP contribution in [0.25, 0.3) is 0 Å². The van der Waals surface area contributed by atoms with Crippen LogP contribution in [0.4, 0.5) is 0 Å². The number of rotatable bonds is 4. The van der Waals surface area contributed by atoms with E-state index in [1.165, 1.54) is 0 Å². The smallest absolute Gasteiger partial charge is 0.119 e. The average Bonchev–Trinajstić information content (AvgIpc) is 2.83. The van der Waals surface area contributed by atoms with Gasteiger partial charge in [-0.05, 0) is 37.5 Å². The summed E-state index contributed by atoms with van der Waals surface area (Å²) in [6.45, 7) is 3.51. The van der Waals surface area contributed by atoms with Crippen LogP contribution in [0, 0.1) is 0 Å². The van der Waals surface area contributed by atoms with E-state index in [-0.39, 0.29) is 12.1 Å². The van der Waals surface area contributed by atoms with Crippen molar-refractivity contribution in [2.75, 3.05) is 13.2 Å². The topological polar surface area (TPSA) is 44.5 Å². The fraction of sp³-hybridized carbons (Fsp3) is 0.538. The third-order valence-electron chi connectivity index (χ3n) is 2.94. The van der Waals surface area contributed by atoms with Gasteiger partial charge in [-0.1, -0.05) is 12.1 Å². The van der Waals surface area contributed by atoms with E-state index in [1.807, 2.05) is 31.2 Å². The Balaban J connectivity index is 2.02. The van der Waals surface area contributed by atoms with Gasteiger partial charge < -0.3 is 15.2 Å². The minimum absolute atomic E-state index is 0.0156. The van der Waals surface area contributed by atoms with Crippen LogP contribution < -0.4 is 10.5 Å². The highest BCUT2D eigenvalue weighted by Crippen LogP contribution is 2.26. The van der Waals surface area contributed by atoms with E-state index in [4.69, 9.17) is 15.2 Å². The Morgan fingerprint density at radius 2 is 2.19 bits per heavy atom. The van der Waals surface area contributed by atoms with Crippen molar-refractivity contribution in [1.82, 2.24) is 0 Å². The maximum absolute atomic E-state index is 6.16. The van der Waals surface area contributed by atoms with Crippen LogP contribution in [0.5, 0.6) is 5.75 Å². The Bertz CT molecular complexity index is 317. The first-order valence-corrected chi connectivity index (χ1v) is 5.91. The Morgan fingerprint density at radius 3 is 2.75 bits per heavy atom. The number of hydrogen-bond donors (Lipinski definition) is 1. The van der Waals surface area contributed by atoms with E-state index in [9.17, 15) is 0 Å².